The Bertz CT molecular complexity index is 2330. The van der Waals surface area contributed by atoms with Crippen LogP contribution < -0.4 is 0 Å². The van der Waals surface area contributed by atoms with E-state index in [1.165, 1.54) is 55.4 Å². The maximum Gasteiger partial charge on any atom is 0.145 e. The number of fused-ring (bicyclic) bond motifs is 10. The molecule has 0 aliphatic heterocycles. The number of nitrogens with zero attached hydrogens (tertiary/aromatic N) is 1. The Morgan fingerprint density at radius 3 is 2.22 bits per heavy atom. The van der Waals surface area contributed by atoms with Crippen molar-refractivity contribution in [2.45, 2.75) is 19.3 Å². The van der Waals surface area contributed by atoms with Gasteiger partial charge in [-0.2, -0.15) is 0 Å². The van der Waals surface area contributed by atoms with E-state index in [2.05, 4.69) is 146 Å². The molecule has 0 atom stereocenters. The Kier molecular flexibility index (Phi) is 4.42. The molecule has 41 heavy (non-hydrogen) atoms. The molecule has 8 aromatic rings. The molecule has 0 unspecified atom stereocenters. The maximum absolute atomic E-state index is 6.65. The topological polar surface area (TPSA) is 18.1 Å². The van der Waals surface area contributed by atoms with E-state index >= 15 is 0 Å². The van der Waals surface area contributed by atoms with E-state index in [1.54, 1.807) is 0 Å². The van der Waals surface area contributed by atoms with Gasteiger partial charge in [-0.3, -0.25) is 0 Å². The molecule has 0 saturated heterocycles. The number of benzene rings is 6. The molecule has 2 heteroatoms. The van der Waals surface area contributed by atoms with Gasteiger partial charge in [-0.1, -0.05) is 98.8 Å². The molecule has 0 N–H and O–H groups in total. The van der Waals surface area contributed by atoms with Crippen LogP contribution in [0.5, 0.6) is 0 Å². The van der Waals surface area contributed by atoms with Crippen molar-refractivity contribution in [3.05, 3.63) is 139 Å². The highest BCUT2D eigenvalue weighted by Gasteiger charge is 2.35. The number of furan rings is 1. The van der Waals surface area contributed by atoms with Crippen molar-refractivity contribution in [3.63, 3.8) is 0 Å². The van der Waals surface area contributed by atoms with Gasteiger partial charge in [0.25, 0.3) is 0 Å². The molecule has 2 aromatic heterocycles. The average Bonchev–Trinajstić information content (AvgIpc) is 3.63. The van der Waals surface area contributed by atoms with Crippen molar-refractivity contribution in [3.8, 4) is 27.9 Å². The van der Waals surface area contributed by atoms with Crippen molar-refractivity contribution in [1.82, 2.24) is 4.57 Å². The Morgan fingerprint density at radius 2 is 1.32 bits per heavy atom. The molecular weight excluding hydrogens is 498 g/mol. The van der Waals surface area contributed by atoms with E-state index in [1.807, 2.05) is 0 Å². The number of hydrogen-bond donors (Lipinski definition) is 0. The summed E-state index contributed by atoms with van der Waals surface area (Å²) in [6.45, 7) is 4.68. The van der Waals surface area contributed by atoms with Crippen LogP contribution in [0.1, 0.15) is 25.0 Å². The van der Waals surface area contributed by atoms with E-state index in [4.69, 9.17) is 4.42 Å². The second-order valence-electron chi connectivity index (χ2n) is 11.8. The first-order valence-electron chi connectivity index (χ1n) is 14.3. The van der Waals surface area contributed by atoms with Gasteiger partial charge in [0.2, 0.25) is 0 Å². The van der Waals surface area contributed by atoms with Crippen molar-refractivity contribution >= 4 is 43.7 Å². The molecule has 0 saturated carbocycles. The zero-order chi connectivity index (χ0) is 27.3. The van der Waals surface area contributed by atoms with Crippen LogP contribution in [0.4, 0.5) is 0 Å². The summed E-state index contributed by atoms with van der Waals surface area (Å²) in [5, 5.41) is 4.67. The molecule has 0 amide bonds. The quantitative estimate of drug-likeness (QED) is 0.219. The second-order valence-corrected chi connectivity index (χ2v) is 11.8. The first-order valence-corrected chi connectivity index (χ1v) is 14.3. The third-order valence-corrected chi connectivity index (χ3v) is 9.21. The largest absolute Gasteiger partial charge is 0.455 e. The SMILES string of the molecule is CC1(C)c2ccccc2-c2ccc(-n3c4ccccc4c4c5oc6ccc(-c7ccccc7)cc6c5ccc43)cc21. The Balaban J connectivity index is 1.31. The van der Waals surface area contributed by atoms with Crippen LogP contribution >= 0.6 is 0 Å². The standard InChI is InChI=1S/C39H27NO/c1-39(2)32-14-8-6-12-27(32)28-18-17-26(23-33(28)39)40-34-15-9-7-13-30(34)37-35(40)20-19-29-31-22-25(24-10-4-3-5-11-24)16-21-36(31)41-38(29)37/h3-23H,1-2H3. The molecule has 0 radical (unpaired) electrons. The predicted molar refractivity (Wildman–Crippen MR) is 171 cm³/mol. The summed E-state index contributed by atoms with van der Waals surface area (Å²) in [4.78, 5) is 0. The summed E-state index contributed by atoms with van der Waals surface area (Å²) in [7, 11) is 0. The molecule has 194 valence electrons. The summed E-state index contributed by atoms with van der Waals surface area (Å²) in [5.41, 5.74) is 13.2. The summed E-state index contributed by atoms with van der Waals surface area (Å²) in [5.74, 6) is 0. The van der Waals surface area contributed by atoms with Crippen LogP contribution in [0.3, 0.4) is 0 Å². The monoisotopic (exact) mass is 525 g/mol. The highest BCUT2D eigenvalue weighted by Crippen LogP contribution is 2.49. The van der Waals surface area contributed by atoms with Gasteiger partial charge in [0.1, 0.15) is 11.2 Å². The lowest BCUT2D eigenvalue weighted by molar-refractivity contribution is 0.660. The van der Waals surface area contributed by atoms with Gasteiger partial charge < -0.3 is 8.98 Å². The second kappa shape index (κ2) is 7.99. The molecule has 0 bridgehead atoms. The first kappa shape index (κ1) is 22.7. The number of aromatic nitrogens is 1. The van der Waals surface area contributed by atoms with E-state index in [9.17, 15) is 0 Å². The van der Waals surface area contributed by atoms with Gasteiger partial charge in [-0.05, 0) is 75.8 Å². The van der Waals surface area contributed by atoms with Crippen LogP contribution in [0.2, 0.25) is 0 Å². The van der Waals surface area contributed by atoms with Crippen molar-refractivity contribution in [2.24, 2.45) is 0 Å². The van der Waals surface area contributed by atoms with E-state index < -0.39 is 0 Å². The highest BCUT2D eigenvalue weighted by molar-refractivity contribution is 6.24. The maximum atomic E-state index is 6.65. The molecular formula is C39H27NO. The zero-order valence-electron chi connectivity index (χ0n) is 23.0. The third-order valence-electron chi connectivity index (χ3n) is 9.21. The predicted octanol–water partition coefficient (Wildman–Crippen LogP) is 10.7. The van der Waals surface area contributed by atoms with Crippen LogP contribution in [0.15, 0.2) is 132 Å². The third kappa shape index (κ3) is 3.02. The molecule has 0 fully saturated rings. The Labute approximate surface area is 238 Å². The van der Waals surface area contributed by atoms with Crippen LogP contribution in [0.25, 0.3) is 71.7 Å². The molecule has 1 aliphatic carbocycles. The van der Waals surface area contributed by atoms with Crippen molar-refractivity contribution < 1.29 is 4.42 Å². The van der Waals surface area contributed by atoms with Crippen molar-refractivity contribution in [2.75, 3.05) is 0 Å². The minimum absolute atomic E-state index is 0.0524. The minimum atomic E-state index is -0.0524. The summed E-state index contributed by atoms with van der Waals surface area (Å²) < 4.78 is 9.06. The summed E-state index contributed by atoms with van der Waals surface area (Å²) >= 11 is 0. The lowest BCUT2D eigenvalue weighted by atomic mass is 9.82. The number of para-hydroxylation sites is 1. The Hall–Kier alpha value is -5.08. The average molecular weight is 526 g/mol. The molecule has 0 spiro atoms. The number of rotatable bonds is 2. The summed E-state index contributed by atoms with van der Waals surface area (Å²) in [6, 6.07) is 46.1. The van der Waals surface area contributed by atoms with Gasteiger partial charge in [-0.15, -0.1) is 0 Å². The molecule has 2 heterocycles. The fraction of sp³-hybridized carbons (Fsp3) is 0.0769. The van der Waals surface area contributed by atoms with Gasteiger partial charge in [0.05, 0.1) is 16.4 Å². The van der Waals surface area contributed by atoms with Gasteiger partial charge in [0, 0.05) is 27.3 Å². The molecule has 6 aromatic carbocycles. The van der Waals surface area contributed by atoms with Gasteiger partial charge in [-0.25, -0.2) is 0 Å². The van der Waals surface area contributed by atoms with Crippen LogP contribution in [-0.4, -0.2) is 4.57 Å². The zero-order valence-corrected chi connectivity index (χ0v) is 23.0. The van der Waals surface area contributed by atoms with Crippen LogP contribution in [-0.2, 0) is 5.41 Å². The van der Waals surface area contributed by atoms with E-state index in [0.29, 0.717) is 0 Å². The lowest BCUT2D eigenvalue weighted by Crippen LogP contribution is -2.15. The van der Waals surface area contributed by atoms with Gasteiger partial charge >= 0.3 is 0 Å². The number of hydrogen-bond acceptors (Lipinski definition) is 1. The molecule has 9 rings (SSSR count). The van der Waals surface area contributed by atoms with Crippen molar-refractivity contribution in [1.29, 1.82) is 0 Å². The van der Waals surface area contributed by atoms with E-state index in [0.717, 1.165) is 27.5 Å². The lowest BCUT2D eigenvalue weighted by Gasteiger charge is -2.22. The fourth-order valence-electron chi connectivity index (χ4n) is 7.21. The smallest absolute Gasteiger partial charge is 0.145 e. The fourth-order valence-corrected chi connectivity index (χ4v) is 7.21. The van der Waals surface area contributed by atoms with Gasteiger partial charge in [0.15, 0.2) is 0 Å². The molecule has 1 aliphatic rings. The Morgan fingerprint density at radius 1 is 0.537 bits per heavy atom. The summed E-state index contributed by atoms with van der Waals surface area (Å²) in [6.07, 6.45) is 0. The first-order chi connectivity index (χ1) is 20.1. The normalized spacial score (nSPS) is 13.8. The van der Waals surface area contributed by atoms with E-state index in [-0.39, 0.29) is 5.41 Å². The van der Waals surface area contributed by atoms with Crippen LogP contribution in [0, 0.1) is 0 Å². The molecule has 2 nitrogen and oxygen atoms in total. The highest BCUT2D eigenvalue weighted by atomic mass is 16.3. The minimum Gasteiger partial charge on any atom is -0.455 e.